The van der Waals surface area contributed by atoms with Crippen LogP contribution in [0.2, 0.25) is 0 Å². The topological polar surface area (TPSA) is 23.5 Å². The zero-order valence-corrected chi connectivity index (χ0v) is 13.2. The molecule has 1 heterocycles. The Hall–Kier alpha value is -1.38. The highest BCUT2D eigenvalue weighted by Gasteiger charge is 2.41. The van der Waals surface area contributed by atoms with Crippen LogP contribution in [0.25, 0.3) is 10.8 Å². The van der Waals surface area contributed by atoms with E-state index in [1.54, 1.807) is 0 Å². The number of aliphatic hydroxyl groups is 1. The van der Waals surface area contributed by atoms with Gasteiger partial charge in [-0.3, -0.25) is 0 Å². The van der Waals surface area contributed by atoms with Crippen LogP contribution in [0, 0.1) is 5.92 Å². The lowest BCUT2D eigenvalue weighted by Crippen LogP contribution is -2.54. The summed E-state index contributed by atoms with van der Waals surface area (Å²) in [6.07, 6.45) is 1.58. The Bertz CT molecular complexity index is 633. The van der Waals surface area contributed by atoms with Crippen LogP contribution in [-0.2, 0) is 6.42 Å². The van der Waals surface area contributed by atoms with Gasteiger partial charge in [-0.05, 0) is 42.6 Å². The maximum atomic E-state index is 11.2. The normalized spacial score (nSPS) is 30.7. The average molecular weight is 283 g/mol. The van der Waals surface area contributed by atoms with Gasteiger partial charge in [0.25, 0.3) is 0 Å². The van der Waals surface area contributed by atoms with Crippen LogP contribution in [0.5, 0.6) is 0 Å². The first-order valence-corrected chi connectivity index (χ1v) is 7.89. The summed E-state index contributed by atoms with van der Waals surface area (Å²) in [4.78, 5) is 2.35. The average Bonchev–Trinajstić information content (AvgIpc) is 2.46. The number of hydrogen-bond acceptors (Lipinski definition) is 2. The first-order chi connectivity index (χ1) is 9.99. The third kappa shape index (κ3) is 2.70. The van der Waals surface area contributed by atoms with Gasteiger partial charge >= 0.3 is 0 Å². The molecule has 112 valence electrons. The maximum absolute atomic E-state index is 11.2. The molecular weight excluding hydrogens is 258 g/mol. The summed E-state index contributed by atoms with van der Waals surface area (Å²) < 4.78 is 0. The van der Waals surface area contributed by atoms with Gasteiger partial charge in [0.2, 0.25) is 0 Å². The molecule has 2 aromatic carbocycles. The van der Waals surface area contributed by atoms with Crippen LogP contribution >= 0.6 is 0 Å². The summed E-state index contributed by atoms with van der Waals surface area (Å²) in [5.41, 5.74) is 0.662. The van der Waals surface area contributed by atoms with E-state index in [-0.39, 0.29) is 5.92 Å². The van der Waals surface area contributed by atoms with Crippen molar-refractivity contribution in [2.24, 2.45) is 5.92 Å². The van der Waals surface area contributed by atoms with Gasteiger partial charge in [-0.25, -0.2) is 0 Å². The Morgan fingerprint density at radius 3 is 2.67 bits per heavy atom. The number of hydrogen-bond donors (Lipinski definition) is 1. The molecule has 1 fully saturated rings. The van der Waals surface area contributed by atoms with Crippen molar-refractivity contribution in [1.29, 1.82) is 0 Å². The van der Waals surface area contributed by atoms with Gasteiger partial charge in [0.05, 0.1) is 5.60 Å². The van der Waals surface area contributed by atoms with Crippen LogP contribution in [-0.4, -0.2) is 35.2 Å². The second-order valence-corrected chi connectivity index (χ2v) is 6.81. The Labute approximate surface area is 127 Å². The third-order valence-corrected chi connectivity index (χ3v) is 5.26. The van der Waals surface area contributed by atoms with Crippen LogP contribution in [0.3, 0.4) is 0 Å². The highest BCUT2D eigenvalue weighted by molar-refractivity contribution is 5.85. The van der Waals surface area contributed by atoms with Crippen molar-refractivity contribution in [2.75, 3.05) is 13.6 Å². The monoisotopic (exact) mass is 283 g/mol. The van der Waals surface area contributed by atoms with Crippen LogP contribution < -0.4 is 0 Å². The Balaban J connectivity index is 1.94. The molecule has 0 spiro atoms. The number of nitrogens with zero attached hydrogens (tertiary/aromatic N) is 1. The molecule has 0 radical (unpaired) electrons. The molecule has 2 heteroatoms. The highest BCUT2D eigenvalue weighted by Crippen LogP contribution is 2.35. The summed E-state index contributed by atoms with van der Waals surface area (Å²) in [7, 11) is 2.15. The van der Waals surface area contributed by atoms with E-state index in [2.05, 4.69) is 68.3 Å². The summed E-state index contributed by atoms with van der Waals surface area (Å²) in [5.74, 6) is 0.290. The zero-order chi connectivity index (χ0) is 15.0. The molecule has 0 aromatic heterocycles. The second-order valence-electron chi connectivity index (χ2n) is 6.81. The van der Waals surface area contributed by atoms with Gasteiger partial charge < -0.3 is 10.0 Å². The molecule has 0 aliphatic carbocycles. The van der Waals surface area contributed by atoms with Gasteiger partial charge in [-0.1, -0.05) is 49.4 Å². The Morgan fingerprint density at radius 2 is 1.86 bits per heavy atom. The fourth-order valence-electron chi connectivity index (χ4n) is 3.67. The highest BCUT2D eigenvalue weighted by atomic mass is 16.3. The summed E-state index contributed by atoms with van der Waals surface area (Å²) in [6, 6.07) is 15.3. The lowest BCUT2D eigenvalue weighted by molar-refractivity contribution is -0.0776. The lowest BCUT2D eigenvalue weighted by atomic mass is 9.75. The molecular formula is C19H25NO. The van der Waals surface area contributed by atoms with E-state index < -0.39 is 5.60 Å². The van der Waals surface area contributed by atoms with E-state index in [1.807, 2.05) is 0 Å². The molecule has 1 N–H and O–H groups in total. The van der Waals surface area contributed by atoms with Crippen LogP contribution in [0.4, 0.5) is 0 Å². The van der Waals surface area contributed by atoms with Gasteiger partial charge in [0.15, 0.2) is 0 Å². The van der Waals surface area contributed by atoms with Crippen molar-refractivity contribution in [3.8, 4) is 0 Å². The first-order valence-electron chi connectivity index (χ1n) is 7.89. The minimum Gasteiger partial charge on any atom is -0.389 e. The summed E-state index contributed by atoms with van der Waals surface area (Å²) >= 11 is 0. The Kier molecular flexibility index (Phi) is 3.76. The van der Waals surface area contributed by atoms with E-state index in [0.717, 1.165) is 19.4 Å². The molecule has 21 heavy (non-hydrogen) atoms. The lowest BCUT2D eigenvalue weighted by Gasteiger charge is -2.46. The van der Waals surface area contributed by atoms with Crippen LogP contribution in [0.1, 0.15) is 25.8 Å². The van der Waals surface area contributed by atoms with Crippen LogP contribution in [0.15, 0.2) is 42.5 Å². The minimum atomic E-state index is -0.601. The molecule has 3 atom stereocenters. The van der Waals surface area contributed by atoms with Crippen molar-refractivity contribution in [2.45, 2.75) is 38.3 Å². The molecule has 0 amide bonds. The molecule has 0 saturated carbocycles. The molecule has 0 unspecified atom stereocenters. The number of benzene rings is 2. The predicted molar refractivity (Wildman–Crippen MR) is 88.5 cm³/mol. The third-order valence-electron chi connectivity index (χ3n) is 5.26. The minimum absolute atomic E-state index is 0.290. The van der Waals surface area contributed by atoms with Gasteiger partial charge in [-0.15, -0.1) is 0 Å². The quantitative estimate of drug-likeness (QED) is 0.912. The number of fused-ring (bicyclic) bond motifs is 1. The maximum Gasteiger partial charge on any atom is 0.0740 e. The molecule has 3 rings (SSSR count). The summed E-state index contributed by atoms with van der Waals surface area (Å²) in [5, 5.41) is 13.7. The van der Waals surface area contributed by atoms with Crippen molar-refractivity contribution < 1.29 is 5.11 Å². The molecule has 1 aliphatic rings. The zero-order valence-electron chi connectivity index (χ0n) is 13.2. The smallest absolute Gasteiger partial charge is 0.0740 e. The second kappa shape index (κ2) is 5.43. The van der Waals surface area contributed by atoms with Gasteiger partial charge in [-0.2, -0.15) is 0 Å². The van der Waals surface area contributed by atoms with E-state index in [0.29, 0.717) is 6.04 Å². The molecule has 0 bridgehead atoms. The van der Waals surface area contributed by atoms with Gasteiger partial charge in [0.1, 0.15) is 0 Å². The summed E-state index contributed by atoms with van der Waals surface area (Å²) in [6.45, 7) is 5.34. The first kappa shape index (κ1) is 14.6. The van der Waals surface area contributed by atoms with Crippen molar-refractivity contribution >= 4 is 10.8 Å². The fraction of sp³-hybridized carbons (Fsp3) is 0.474. The van der Waals surface area contributed by atoms with Crippen molar-refractivity contribution in [1.82, 2.24) is 4.90 Å². The molecule has 2 aromatic rings. The molecule has 1 saturated heterocycles. The van der Waals surface area contributed by atoms with E-state index in [1.165, 1.54) is 16.3 Å². The fourth-order valence-corrected chi connectivity index (χ4v) is 3.67. The number of likely N-dealkylation sites (tertiary alicyclic amines) is 1. The number of rotatable bonds is 2. The van der Waals surface area contributed by atoms with Gasteiger partial charge in [0, 0.05) is 19.0 Å². The van der Waals surface area contributed by atoms with E-state index >= 15 is 0 Å². The van der Waals surface area contributed by atoms with E-state index in [4.69, 9.17) is 0 Å². The molecule has 1 aliphatic heterocycles. The SMILES string of the molecule is C[C@@H]1CN(C)[C@@H](C)C[C@@]1(O)Cc1cccc2ccccc12. The van der Waals surface area contributed by atoms with E-state index in [9.17, 15) is 5.11 Å². The Morgan fingerprint density at radius 1 is 1.14 bits per heavy atom. The predicted octanol–water partition coefficient (Wildman–Crippen LogP) is 3.47. The van der Waals surface area contributed by atoms with Crippen molar-refractivity contribution in [3.63, 3.8) is 0 Å². The number of piperidine rings is 1. The standard InChI is InChI=1S/C19H25NO/c1-14-13-20(3)15(2)11-19(14,21)12-17-9-6-8-16-7-4-5-10-18(16)17/h4-10,14-15,21H,11-13H2,1-3H3/t14-,15+,19-/m1/s1. The molecule has 2 nitrogen and oxygen atoms in total. The van der Waals surface area contributed by atoms with Crippen molar-refractivity contribution in [3.05, 3.63) is 48.0 Å². The largest absolute Gasteiger partial charge is 0.389 e.